The van der Waals surface area contributed by atoms with Gasteiger partial charge in [-0.25, -0.2) is 13.6 Å². The molecule has 4 aromatic rings. The number of nitrogens with two attached hydrogens (primary N) is 1. The Bertz CT molecular complexity index is 1400. The number of rotatable bonds is 7. The third-order valence-corrected chi connectivity index (χ3v) is 6.20. The molecule has 0 unspecified atom stereocenters. The zero-order valence-electron chi connectivity index (χ0n) is 18.7. The summed E-state index contributed by atoms with van der Waals surface area (Å²) in [7, 11) is -0.832. The molecule has 172 valence electrons. The first kappa shape index (κ1) is 22.6. The highest BCUT2D eigenvalue weighted by atomic mass is 32.2. The summed E-state index contributed by atoms with van der Waals surface area (Å²) in [5.74, 6) is 3.13. The maximum Gasteiger partial charge on any atom is 0.238 e. The highest BCUT2D eigenvalue weighted by Gasteiger charge is 2.25. The van der Waals surface area contributed by atoms with Gasteiger partial charge in [0.05, 0.1) is 19.1 Å². The number of para-hydroxylation sites is 1. The first-order valence-electron chi connectivity index (χ1n) is 10.1. The molecule has 0 fully saturated rings. The molecule has 2 aromatic carbocycles. The molecule has 0 aliphatic rings. The van der Waals surface area contributed by atoms with Crippen molar-refractivity contribution in [1.82, 2.24) is 14.8 Å². The van der Waals surface area contributed by atoms with Crippen molar-refractivity contribution in [3.8, 4) is 28.8 Å². The zero-order chi connectivity index (χ0) is 23.8. The van der Waals surface area contributed by atoms with Crippen molar-refractivity contribution in [3.05, 3.63) is 71.2 Å². The normalized spacial score (nSPS) is 11.5. The van der Waals surface area contributed by atoms with Crippen molar-refractivity contribution < 1.29 is 22.3 Å². The average molecular weight is 469 g/mol. The van der Waals surface area contributed by atoms with Gasteiger partial charge in [0.2, 0.25) is 15.8 Å². The highest BCUT2D eigenvalue weighted by Crippen LogP contribution is 2.37. The van der Waals surface area contributed by atoms with Crippen LogP contribution in [-0.2, 0) is 16.4 Å². The summed E-state index contributed by atoms with van der Waals surface area (Å²) in [5, 5.41) is 14.2. The summed E-state index contributed by atoms with van der Waals surface area (Å²) in [6, 6.07) is 14.0. The Hall–Kier alpha value is -3.63. The second-order valence-electron chi connectivity index (χ2n) is 7.53. The molecule has 0 aliphatic heterocycles. The van der Waals surface area contributed by atoms with E-state index in [1.54, 1.807) is 49.1 Å². The summed E-state index contributed by atoms with van der Waals surface area (Å²) >= 11 is 0. The summed E-state index contributed by atoms with van der Waals surface area (Å²) in [6.45, 7) is 3.71. The number of nitrogens with zero attached hydrogens (tertiary/aromatic N) is 3. The van der Waals surface area contributed by atoms with Crippen LogP contribution in [0.25, 0.3) is 17.3 Å². The smallest absolute Gasteiger partial charge is 0.238 e. The Balaban J connectivity index is 1.99. The fourth-order valence-electron chi connectivity index (χ4n) is 3.73. The Morgan fingerprint density at radius 3 is 2.27 bits per heavy atom. The van der Waals surface area contributed by atoms with E-state index in [4.69, 9.17) is 19.0 Å². The molecule has 0 atom stereocenters. The fraction of sp³-hybridized carbons (Fsp3) is 0.217. The van der Waals surface area contributed by atoms with E-state index in [1.807, 2.05) is 26.0 Å². The predicted molar refractivity (Wildman–Crippen MR) is 122 cm³/mol. The molecule has 0 aliphatic carbocycles. The number of ether oxygens (including phenoxy) is 2. The highest BCUT2D eigenvalue weighted by molar-refractivity contribution is 7.89. The number of aromatic nitrogens is 3. The maximum absolute atomic E-state index is 12.2. The van der Waals surface area contributed by atoms with Crippen molar-refractivity contribution in [2.45, 2.75) is 25.2 Å². The fourth-order valence-corrected chi connectivity index (χ4v) is 4.48. The lowest BCUT2D eigenvalue weighted by molar-refractivity contribution is 0.390. The van der Waals surface area contributed by atoms with Gasteiger partial charge in [0, 0.05) is 6.42 Å². The largest absolute Gasteiger partial charge is 0.494 e. The molecule has 9 nitrogen and oxygen atoms in total. The van der Waals surface area contributed by atoms with E-state index in [0.717, 1.165) is 5.56 Å². The molecule has 0 amide bonds. The monoisotopic (exact) mass is 468 g/mol. The van der Waals surface area contributed by atoms with Gasteiger partial charge in [0.25, 0.3) is 0 Å². The summed E-state index contributed by atoms with van der Waals surface area (Å²) in [6.07, 6.45) is 0.140. The van der Waals surface area contributed by atoms with E-state index >= 15 is 0 Å². The van der Waals surface area contributed by atoms with Crippen LogP contribution >= 0.6 is 0 Å². The molecule has 10 heteroatoms. The molecule has 0 saturated carbocycles. The van der Waals surface area contributed by atoms with Crippen LogP contribution in [0.4, 0.5) is 0 Å². The van der Waals surface area contributed by atoms with Gasteiger partial charge in [0.1, 0.15) is 28.8 Å². The van der Waals surface area contributed by atoms with Gasteiger partial charge in [-0.2, -0.15) is 0 Å². The van der Waals surface area contributed by atoms with E-state index in [1.165, 1.54) is 6.07 Å². The van der Waals surface area contributed by atoms with Crippen molar-refractivity contribution in [3.63, 3.8) is 0 Å². The number of sulfonamides is 1. The van der Waals surface area contributed by atoms with Crippen LogP contribution in [0, 0.1) is 13.8 Å². The third-order valence-electron chi connectivity index (χ3n) is 5.19. The lowest BCUT2D eigenvalue weighted by Crippen LogP contribution is -2.16. The van der Waals surface area contributed by atoms with Gasteiger partial charge >= 0.3 is 0 Å². The number of furan rings is 1. The summed E-state index contributed by atoms with van der Waals surface area (Å²) in [4.78, 5) is 0.0324. The Labute approximate surface area is 191 Å². The topological polar surface area (TPSA) is 122 Å². The van der Waals surface area contributed by atoms with Gasteiger partial charge in [-0.05, 0) is 49.7 Å². The first-order chi connectivity index (χ1) is 15.7. The Kier molecular flexibility index (Phi) is 5.96. The molecule has 0 saturated heterocycles. The number of aryl methyl sites for hydroxylation is 2. The minimum absolute atomic E-state index is 0.0324. The van der Waals surface area contributed by atoms with Crippen LogP contribution in [-0.4, -0.2) is 37.4 Å². The Morgan fingerprint density at radius 1 is 1.00 bits per heavy atom. The van der Waals surface area contributed by atoms with Crippen LogP contribution in [0.5, 0.6) is 11.5 Å². The molecule has 2 N–H and O–H groups in total. The maximum atomic E-state index is 12.2. The van der Waals surface area contributed by atoms with Gasteiger partial charge in [0.15, 0.2) is 5.76 Å². The molecule has 2 heterocycles. The van der Waals surface area contributed by atoms with Crippen molar-refractivity contribution in [2.24, 2.45) is 5.14 Å². The SMILES string of the molecule is COc1cccc(OC)c1-n1c(Cc2cc(C)ccc2S(N)(=O)=O)nnc1-c1ccc(C)o1. The van der Waals surface area contributed by atoms with Crippen LogP contribution < -0.4 is 14.6 Å². The van der Waals surface area contributed by atoms with E-state index in [2.05, 4.69) is 10.2 Å². The predicted octanol–water partition coefficient (Wildman–Crippen LogP) is 3.40. The van der Waals surface area contributed by atoms with Crippen LogP contribution in [0.3, 0.4) is 0 Å². The molecule has 0 bridgehead atoms. The Morgan fingerprint density at radius 2 is 1.70 bits per heavy atom. The van der Waals surface area contributed by atoms with E-state index < -0.39 is 10.0 Å². The standard InChI is InChI=1S/C23H24N4O5S/c1-14-8-11-20(33(24,28)29)16(12-14)13-21-25-26-23(19-10-9-15(2)32-19)27(21)22-17(30-3)6-5-7-18(22)31-4/h5-12H,13H2,1-4H3,(H2,24,28,29). The molecule has 33 heavy (non-hydrogen) atoms. The minimum Gasteiger partial charge on any atom is -0.494 e. The lowest BCUT2D eigenvalue weighted by Gasteiger charge is -2.17. The van der Waals surface area contributed by atoms with Gasteiger partial charge in [-0.1, -0.05) is 23.8 Å². The van der Waals surface area contributed by atoms with E-state index in [0.29, 0.717) is 45.9 Å². The molecule has 0 spiro atoms. The number of benzene rings is 2. The minimum atomic E-state index is -3.94. The third kappa shape index (κ3) is 4.35. The van der Waals surface area contributed by atoms with Crippen molar-refractivity contribution in [2.75, 3.05) is 14.2 Å². The second-order valence-corrected chi connectivity index (χ2v) is 9.06. The lowest BCUT2D eigenvalue weighted by atomic mass is 10.1. The molecule has 0 radical (unpaired) electrons. The van der Waals surface area contributed by atoms with Gasteiger partial charge in [-0.3, -0.25) is 4.57 Å². The summed E-state index contributed by atoms with van der Waals surface area (Å²) < 4.78 is 43.2. The average Bonchev–Trinajstić information content (AvgIpc) is 3.38. The quantitative estimate of drug-likeness (QED) is 0.441. The number of primary sulfonamides is 1. The molecular formula is C23H24N4O5S. The number of hydrogen-bond donors (Lipinski definition) is 1. The van der Waals surface area contributed by atoms with Crippen molar-refractivity contribution in [1.29, 1.82) is 0 Å². The second kappa shape index (κ2) is 8.72. The number of hydrogen-bond acceptors (Lipinski definition) is 7. The molecule has 2 aromatic heterocycles. The first-order valence-corrected chi connectivity index (χ1v) is 11.6. The molecular weight excluding hydrogens is 444 g/mol. The summed E-state index contributed by atoms with van der Waals surface area (Å²) in [5.41, 5.74) is 1.96. The van der Waals surface area contributed by atoms with Crippen LogP contribution in [0.2, 0.25) is 0 Å². The zero-order valence-corrected chi connectivity index (χ0v) is 19.5. The molecule has 4 rings (SSSR count). The van der Waals surface area contributed by atoms with Gasteiger partial charge in [-0.15, -0.1) is 10.2 Å². The van der Waals surface area contributed by atoms with Crippen molar-refractivity contribution >= 4 is 10.0 Å². The van der Waals surface area contributed by atoms with Gasteiger partial charge < -0.3 is 13.9 Å². The van der Waals surface area contributed by atoms with Crippen LogP contribution in [0.1, 0.15) is 22.7 Å². The van der Waals surface area contributed by atoms with E-state index in [-0.39, 0.29) is 11.3 Å². The van der Waals surface area contributed by atoms with Crippen LogP contribution in [0.15, 0.2) is 57.8 Å². The van der Waals surface area contributed by atoms with E-state index in [9.17, 15) is 8.42 Å². The number of methoxy groups -OCH3 is 2.